The molecule has 1 fully saturated rings. The van der Waals surface area contributed by atoms with E-state index in [0.29, 0.717) is 31.0 Å². The molecule has 1 amide bonds. The van der Waals surface area contributed by atoms with Gasteiger partial charge in [0, 0.05) is 42.9 Å². The molecule has 2 aromatic heterocycles. The summed E-state index contributed by atoms with van der Waals surface area (Å²) >= 11 is 0. The SMILES string of the molecule is Cc1ccc(-c2c(C(=O)N3CC4CC(C3)c3cccc(=O)n3C4)nnn2-c2ccc(F)cc2)cc1. The van der Waals surface area contributed by atoms with Gasteiger partial charge in [-0.15, -0.1) is 5.10 Å². The van der Waals surface area contributed by atoms with Crippen molar-refractivity contribution in [2.75, 3.05) is 13.1 Å². The van der Waals surface area contributed by atoms with E-state index in [9.17, 15) is 14.0 Å². The van der Waals surface area contributed by atoms with Crippen LogP contribution in [0.4, 0.5) is 4.39 Å². The minimum absolute atomic E-state index is 0.0147. The van der Waals surface area contributed by atoms with Crippen LogP contribution in [-0.4, -0.2) is 43.5 Å². The van der Waals surface area contributed by atoms with Crippen molar-refractivity contribution < 1.29 is 9.18 Å². The molecule has 7 nitrogen and oxygen atoms in total. The number of nitrogens with zero attached hydrogens (tertiary/aromatic N) is 5. The van der Waals surface area contributed by atoms with Gasteiger partial charge < -0.3 is 9.47 Å². The van der Waals surface area contributed by atoms with E-state index in [4.69, 9.17) is 0 Å². The molecule has 0 saturated carbocycles. The maximum absolute atomic E-state index is 13.9. The van der Waals surface area contributed by atoms with E-state index in [1.807, 2.05) is 46.7 Å². The van der Waals surface area contributed by atoms with Gasteiger partial charge in [-0.25, -0.2) is 9.07 Å². The summed E-state index contributed by atoms with van der Waals surface area (Å²) in [7, 11) is 0. The number of fused-ring (bicyclic) bond motifs is 4. The van der Waals surface area contributed by atoms with Crippen molar-refractivity contribution in [3.63, 3.8) is 0 Å². The lowest BCUT2D eigenvalue weighted by atomic mass is 9.83. The summed E-state index contributed by atoms with van der Waals surface area (Å²) in [6.45, 7) is 3.70. The zero-order valence-electron chi connectivity index (χ0n) is 19.3. The molecule has 35 heavy (non-hydrogen) atoms. The zero-order chi connectivity index (χ0) is 24.1. The van der Waals surface area contributed by atoms with Crippen molar-refractivity contribution in [1.29, 1.82) is 0 Å². The molecule has 0 N–H and O–H groups in total. The van der Waals surface area contributed by atoms with Crippen LogP contribution >= 0.6 is 0 Å². The summed E-state index contributed by atoms with van der Waals surface area (Å²) in [6.07, 6.45) is 0.959. The summed E-state index contributed by atoms with van der Waals surface area (Å²) in [4.78, 5) is 28.0. The molecule has 4 aromatic rings. The van der Waals surface area contributed by atoms with Gasteiger partial charge in [0.05, 0.1) is 5.69 Å². The molecule has 0 spiro atoms. The molecule has 8 heteroatoms. The highest BCUT2D eigenvalue weighted by Gasteiger charge is 2.38. The molecule has 2 aliphatic heterocycles. The largest absolute Gasteiger partial charge is 0.336 e. The third kappa shape index (κ3) is 3.75. The number of pyridine rings is 1. The van der Waals surface area contributed by atoms with Crippen LogP contribution in [0.2, 0.25) is 0 Å². The average molecular weight is 470 g/mol. The number of aryl methyl sites for hydroxylation is 1. The Hall–Kier alpha value is -4.07. The van der Waals surface area contributed by atoms with Gasteiger partial charge in [-0.2, -0.15) is 0 Å². The monoisotopic (exact) mass is 469 g/mol. The molecule has 2 unspecified atom stereocenters. The van der Waals surface area contributed by atoms with Gasteiger partial charge in [0.2, 0.25) is 0 Å². The fourth-order valence-electron chi connectivity index (χ4n) is 5.37. The minimum atomic E-state index is -0.346. The maximum atomic E-state index is 13.9. The zero-order valence-corrected chi connectivity index (χ0v) is 19.3. The summed E-state index contributed by atoms with van der Waals surface area (Å²) < 4.78 is 17.0. The third-order valence-electron chi connectivity index (χ3n) is 7.04. The lowest BCUT2D eigenvalue weighted by Gasteiger charge is -2.42. The van der Waals surface area contributed by atoms with Gasteiger partial charge in [0.1, 0.15) is 11.5 Å². The second-order valence-electron chi connectivity index (χ2n) is 9.45. The fourth-order valence-corrected chi connectivity index (χ4v) is 5.37. The van der Waals surface area contributed by atoms with Crippen molar-refractivity contribution >= 4 is 5.91 Å². The quantitative estimate of drug-likeness (QED) is 0.458. The first-order chi connectivity index (χ1) is 17.0. The lowest BCUT2D eigenvalue weighted by molar-refractivity contribution is 0.0589. The van der Waals surface area contributed by atoms with Crippen molar-refractivity contribution in [2.45, 2.75) is 25.8 Å². The van der Waals surface area contributed by atoms with Crippen LogP contribution in [0, 0.1) is 18.7 Å². The molecule has 2 aliphatic rings. The van der Waals surface area contributed by atoms with Crippen LogP contribution in [-0.2, 0) is 6.54 Å². The molecule has 0 radical (unpaired) electrons. The predicted molar refractivity (Wildman–Crippen MR) is 129 cm³/mol. The molecular weight excluding hydrogens is 445 g/mol. The van der Waals surface area contributed by atoms with E-state index in [1.165, 1.54) is 12.1 Å². The molecule has 0 aliphatic carbocycles. The Kier molecular flexibility index (Phi) is 5.09. The highest BCUT2D eigenvalue weighted by Crippen LogP contribution is 2.36. The maximum Gasteiger partial charge on any atom is 0.276 e. The second-order valence-corrected chi connectivity index (χ2v) is 9.45. The Balaban J connectivity index is 1.40. The summed E-state index contributed by atoms with van der Waals surface area (Å²) in [5.41, 5.74) is 4.37. The van der Waals surface area contributed by atoms with Gasteiger partial charge >= 0.3 is 0 Å². The number of likely N-dealkylation sites (tertiary alicyclic amines) is 1. The van der Waals surface area contributed by atoms with Gasteiger partial charge in [-0.05, 0) is 49.6 Å². The van der Waals surface area contributed by atoms with E-state index >= 15 is 0 Å². The number of hydrogen-bond donors (Lipinski definition) is 0. The van der Waals surface area contributed by atoms with E-state index in [1.54, 1.807) is 28.9 Å². The number of benzene rings is 2. The number of rotatable bonds is 3. The topological polar surface area (TPSA) is 73.0 Å². The number of amides is 1. The lowest BCUT2D eigenvalue weighted by Crippen LogP contribution is -2.49. The smallest absolute Gasteiger partial charge is 0.276 e. The molecular formula is C27H24FN5O2. The fraction of sp³-hybridized carbons (Fsp3) is 0.259. The van der Waals surface area contributed by atoms with Crippen LogP contribution in [0.15, 0.2) is 71.5 Å². The number of carbonyl (C=O) groups is 1. The van der Waals surface area contributed by atoms with E-state index in [0.717, 1.165) is 23.2 Å². The number of carbonyl (C=O) groups excluding carboxylic acids is 1. The predicted octanol–water partition coefficient (Wildman–Crippen LogP) is 3.80. The van der Waals surface area contributed by atoms with Crippen molar-refractivity contribution in [3.05, 3.63) is 99.9 Å². The van der Waals surface area contributed by atoms with Crippen LogP contribution in [0.5, 0.6) is 0 Å². The third-order valence-corrected chi connectivity index (χ3v) is 7.04. The van der Waals surface area contributed by atoms with Crippen LogP contribution in [0.1, 0.15) is 34.1 Å². The highest BCUT2D eigenvalue weighted by molar-refractivity contribution is 5.98. The van der Waals surface area contributed by atoms with Crippen LogP contribution < -0.4 is 5.56 Å². The Morgan fingerprint density at radius 1 is 0.971 bits per heavy atom. The van der Waals surface area contributed by atoms with Gasteiger partial charge in [0.25, 0.3) is 11.5 Å². The first-order valence-electron chi connectivity index (χ1n) is 11.8. The van der Waals surface area contributed by atoms with E-state index in [2.05, 4.69) is 10.3 Å². The number of aromatic nitrogens is 4. The number of hydrogen-bond acceptors (Lipinski definition) is 4. The number of piperidine rings is 1. The van der Waals surface area contributed by atoms with Gasteiger partial charge in [0.15, 0.2) is 5.69 Å². The Morgan fingerprint density at radius 3 is 2.51 bits per heavy atom. The molecule has 4 heterocycles. The van der Waals surface area contributed by atoms with Gasteiger partial charge in [-0.1, -0.05) is 41.1 Å². The minimum Gasteiger partial charge on any atom is -0.336 e. The Bertz CT molecular complexity index is 1470. The first-order valence-corrected chi connectivity index (χ1v) is 11.8. The first kappa shape index (κ1) is 21.5. The normalized spacial score (nSPS) is 18.9. The van der Waals surface area contributed by atoms with Crippen molar-refractivity contribution in [3.8, 4) is 16.9 Å². The Morgan fingerprint density at radius 2 is 1.74 bits per heavy atom. The summed E-state index contributed by atoms with van der Waals surface area (Å²) in [5, 5.41) is 8.62. The second kappa shape index (κ2) is 8.30. The van der Waals surface area contributed by atoms with Crippen molar-refractivity contribution in [2.24, 2.45) is 5.92 Å². The van der Waals surface area contributed by atoms with E-state index < -0.39 is 0 Å². The standard InChI is InChI=1S/C27H24FN5O2/c1-17-5-7-19(8-6-17)26-25(29-30-33(26)22-11-9-21(28)10-12-22)27(35)31-14-18-13-20(16-31)23-3-2-4-24(34)32(23)15-18/h2-12,18,20H,13-16H2,1H3. The average Bonchev–Trinajstić information content (AvgIpc) is 3.30. The molecule has 2 aromatic carbocycles. The highest BCUT2D eigenvalue weighted by atomic mass is 19.1. The van der Waals surface area contributed by atoms with Crippen molar-refractivity contribution in [1.82, 2.24) is 24.5 Å². The molecule has 2 bridgehead atoms. The van der Waals surface area contributed by atoms with Gasteiger partial charge in [-0.3, -0.25) is 9.59 Å². The molecule has 6 rings (SSSR count). The summed E-state index contributed by atoms with van der Waals surface area (Å²) in [6, 6.07) is 19.2. The molecule has 2 atom stereocenters. The van der Waals surface area contributed by atoms with Crippen LogP contribution in [0.3, 0.4) is 0 Å². The molecule has 1 saturated heterocycles. The van der Waals surface area contributed by atoms with E-state index in [-0.39, 0.29) is 34.8 Å². The molecule has 176 valence electrons. The summed E-state index contributed by atoms with van der Waals surface area (Å²) in [5.74, 6) is -0.216. The Labute approximate surface area is 201 Å². The number of halogens is 1. The van der Waals surface area contributed by atoms with Crippen LogP contribution in [0.25, 0.3) is 16.9 Å².